The molecule has 1 unspecified atom stereocenters. The average Bonchev–Trinajstić information content (AvgIpc) is 2.37. The van der Waals surface area contributed by atoms with E-state index in [1.165, 1.54) is 16.7 Å². The SMILES string of the molecule is CNC(Cc1ccnc(N)c1)c1ccc(C)cc1. The van der Waals surface area contributed by atoms with Crippen LogP contribution in [0, 0.1) is 6.92 Å². The number of benzene rings is 1. The van der Waals surface area contributed by atoms with Crippen LogP contribution in [0.3, 0.4) is 0 Å². The number of nitrogens with two attached hydrogens (primary N) is 1. The third kappa shape index (κ3) is 3.08. The highest BCUT2D eigenvalue weighted by molar-refractivity contribution is 5.33. The molecule has 1 aromatic carbocycles. The summed E-state index contributed by atoms with van der Waals surface area (Å²) in [6, 6.07) is 12.9. The standard InChI is InChI=1S/C15H19N3/c1-11-3-5-13(6-4-11)14(17-2)9-12-7-8-18-15(16)10-12/h3-8,10,14,17H,9H2,1-2H3,(H2,16,18). The lowest BCUT2D eigenvalue weighted by Crippen LogP contribution is -2.18. The van der Waals surface area contributed by atoms with Crippen LogP contribution >= 0.6 is 0 Å². The van der Waals surface area contributed by atoms with Crippen molar-refractivity contribution >= 4 is 5.82 Å². The Bertz CT molecular complexity index is 505. The van der Waals surface area contributed by atoms with Crippen molar-refractivity contribution in [1.82, 2.24) is 10.3 Å². The molecule has 1 heterocycles. The molecule has 2 rings (SSSR count). The van der Waals surface area contributed by atoms with Crippen LogP contribution in [-0.4, -0.2) is 12.0 Å². The molecule has 3 heteroatoms. The highest BCUT2D eigenvalue weighted by Gasteiger charge is 2.10. The molecule has 1 aromatic heterocycles. The molecule has 0 aliphatic carbocycles. The Kier molecular flexibility index (Phi) is 3.95. The van der Waals surface area contributed by atoms with E-state index >= 15 is 0 Å². The van der Waals surface area contributed by atoms with Crippen molar-refractivity contribution in [1.29, 1.82) is 0 Å². The molecule has 0 radical (unpaired) electrons. The van der Waals surface area contributed by atoms with Crippen LogP contribution in [0.1, 0.15) is 22.7 Å². The van der Waals surface area contributed by atoms with E-state index in [1.807, 2.05) is 19.2 Å². The number of hydrogen-bond acceptors (Lipinski definition) is 3. The third-order valence-corrected chi connectivity index (χ3v) is 3.11. The minimum Gasteiger partial charge on any atom is -0.384 e. The third-order valence-electron chi connectivity index (χ3n) is 3.11. The largest absolute Gasteiger partial charge is 0.384 e. The lowest BCUT2D eigenvalue weighted by molar-refractivity contribution is 0.592. The molecule has 1 atom stereocenters. The average molecular weight is 241 g/mol. The monoisotopic (exact) mass is 241 g/mol. The number of likely N-dealkylation sites (N-methyl/N-ethyl adjacent to an activating group) is 1. The van der Waals surface area contributed by atoms with Gasteiger partial charge >= 0.3 is 0 Å². The summed E-state index contributed by atoms with van der Waals surface area (Å²) in [7, 11) is 1.98. The fourth-order valence-corrected chi connectivity index (χ4v) is 2.04. The summed E-state index contributed by atoms with van der Waals surface area (Å²) in [5.41, 5.74) is 9.47. The fourth-order valence-electron chi connectivity index (χ4n) is 2.04. The van der Waals surface area contributed by atoms with Gasteiger partial charge in [-0.05, 0) is 43.7 Å². The molecule has 0 amide bonds. The van der Waals surface area contributed by atoms with Crippen molar-refractivity contribution in [2.24, 2.45) is 0 Å². The number of nitrogens with zero attached hydrogens (tertiary/aromatic N) is 1. The quantitative estimate of drug-likeness (QED) is 0.864. The van der Waals surface area contributed by atoms with Crippen LogP contribution in [-0.2, 0) is 6.42 Å². The molecule has 3 nitrogen and oxygen atoms in total. The Morgan fingerprint density at radius 3 is 2.56 bits per heavy atom. The fraction of sp³-hybridized carbons (Fsp3) is 0.267. The van der Waals surface area contributed by atoms with Crippen molar-refractivity contribution < 1.29 is 0 Å². The molecule has 0 bridgehead atoms. The molecule has 0 saturated heterocycles. The first-order valence-electron chi connectivity index (χ1n) is 6.13. The Morgan fingerprint density at radius 2 is 1.94 bits per heavy atom. The lowest BCUT2D eigenvalue weighted by Gasteiger charge is -2.17. The summed E-state index contributed by atoms with van der Waals surface area (Å²) in [5, 5.41) is 3.34. The Hall–Kier alpha value is -1.87. The van der Waals surface area contributed by atoms with Crippen molar-refractivity contribution in [3.05, 3.63) is 59.3 Å². The zero-order valence-electron chi connectivity index (χ0n) is 10.9. The highest BCUT2D eigenvalue weighted by Crippen LogP contribution is 2.19. The second-order valence-corrected chi connectivity index (χ2v) is 4.55. The van der Waals surface area contributed by atoms with Gasteiger partial charge in [-0.1, -0.05) is 29.8 Å². The van der Waals surface area contributed by atoms with Crippen molar-refractivity contribution in [3.63, 3.8) is 0 Å². The van der Waals surface area contributed by atoms with Gasteiger partial charge in [-0.15, -0.1) is 0 Å². The van der Waals surface area contributed by atoms with Gasteiger partial charge in [-0.3, -0.25) is 0 Å². The van der Waals surface area contributed by atoms with Gasteiger partial charge in [0.25, 0.3) is 0 Å². The van der Waals surface area contributed by atoms with Gasteiger partial charge in [0.1, 0.15) is 5.82 Å². The molecule has 2 aromatic rings. The first-order chi connectivity index (χ1) is 8.69. The van der Waals surface area contributed by atoms with Gasteiger partial charge < -0.3 is 11.1 Å². The first kappa shape index (κ1) is 12.6. The summed E-state index contributed by atoms with van der Waals surface area (Å²) in [6.07, 6.45) is 2.67. The van der Waals surface area contributed by atoms with Crippen LogP contribution < -0.4 is 11.1 Å². The predicted octanol–water partition coefficient (Wildman–Crippen LogP) is 2.48. The normalized spacial score (nSPS) is 12.3. The van der Waals surface area contributed by atoms with E-state index in [1.54, 1.807) is 6.20 Å². The minimum absolute atomic E-state index is 0.299. The number of hydrogen-bond donors (Lipinski definition) is 2. The van der Waals surface area contributed by atoms with E-state index in [4.69, 9.17) is 5.73 Å². The van der Waals surface area contributed by atoms with E-state index in [9.17, 15) is 0 Å². The summed E-state index contributed by atoms with van der Waals surface area (Å²) in [5.74, 6) is 0.575. The van der Waals surface area contributed by atoms with Gasteiger partial charge in [0.05, 0.1) is 0 Å². The van der Waals surface area contributed by atoms with Gasteiger partial charge in [0, 0.05) is 12.2 Å². The molecule has 3 N–H and O–H groups in total. The molecule has 0 aliphatic heterocycles. The van der Waals surface area contributed by atoms with Crippen LogP contribution in [0.5, 0.6) is 0 Å². The number of nitrogens with one attached hydrogen (secondary N) is 1. The summed E-state index contributed by atoms with van der Waals surface area (Å²) in [6.45, 7) is 2.10. The maximum Gasteiger partial charge on any atom is 0.123 e. The maximum absolute atomic E-state index is 5.70. The summed E-state index contributed by atoms with van der Waals surface area (Å²) < 4.78 is 0. The smallest absolute Gasteiger partial charge is 0.123 e. The van der Waals surface area contributed by atoms with Crippen LogP contribution in [0.15, 0.2) is 42.6 Å². The van der Waals surface area contributed by atoms with E-state index in [0.717, 1.165) is 6.42 Å². The molecular weight excluding hydrogens is 222 g/mol. The van der Waals surface area contributed by atoms with Crippen LogP contribution in [0.4, 0.5) is 5.82 Å². The molecule has 94 valence electrons. The van der Waals surface area contributed by atoms with E-state index < -0.39 is 0 Å². The maximum atomic E-state index is 5.70. The van der Waals surface area contributed by atoms with E-state index in [-0.39, 0.29) is 0 Å². The van der Waals surface area contributed by atoms with Crippen molar-refractivity contribution in [3.8, 4) is 0 Å². The Labute approximate surface area is 108 Å². The first-order valence-corrected chi connectivity index (χ1v) is 6.13. The molecule has 18 heavy (non-hydrogen) atoms. The number of aryl methyl sites for hydroxylation is 1. The van der Waals surface area contributed by atoms with Crippen LogP contribution in [0.25, 0.3) is 0 Å². The van der Waals surface area contributed by atoms with Crippen molar-refractivity contribution in [2.45, 2.75) is 19.4 Å². The highest BCUT2D eigenvalue weighted by atomic mass is 14.9. The Balaban J connectivity index is 2.17. The number of rotatable bonds is 4. The van der Waals surface area contributed by atoms with Gasteiger partial charge in [0.15, 0.2) is 0 Å². The van der Waals surface area contributed by atoms with E-state index in [2.05, 4.69) is 41.5 Å². The lowest BCUT2D eigenvalue weighted by atomic mass is 9.99. The number of nitrogen functional groups attached to an aromatic ring is 1. The topological polar surface area (TPSA) is 50.9 Å². The molecule has 0 fully saturated rings. The van der Waals surface area contributed by atoms with Gasteiger partial charge in [0.2, 0.25) is 0 Å². The zero-order chi connectivity index (χ0) is 13.0. The summed E-state index contributed by atoms with van der Waals surface area (Å²) in [4.78, 5) is 4.01. The predicted molar refractivity (Wildman–Crippen MR) is 75.3 cm³/mol. The summed E-state index contributed by atoms with van der Waals surface area (Å²) >= 11 is 0. The van der Waals surface area contributed by atoms with Gasteiger partial charge in [-0.25, -0.2) is 4.98 Å². The number of anilines is 1. The molecule has 0 spiro atoms. The molecule has 0 aliphatic rings. The Morgan fingerprint density at radius 1 is 1.22 bits per heavy atom. The minimum atomic E-state index is 0.299. The molecule has 0 saturated carbocycles. The second-order valence-electron chi connectivity index (χ2n) is 4.55. The van der Waals surface area contributed by atoms with Gasteiger partial charge in [-0.2, -0.15) is 0 Å². The molecular formula is C15H19N3. The number of pyridine rings is 1. The second kappa shape index (κ2) is 5.65. The van der Waals surface area contributed by atoms with Crippen molar-refractivity contribution in [2.75, 3.05) is 12.8 Å². The van der Waals surface area contributed by atoms with E-state index in [0.29, 0.717) is 11.9 Å². The van der Waals surface area contributed by atoms with Crippen LogP contribution in [0.2, 0.25) is 0 Å². The number of aromatic nitrogens is 1. The zero-order valence-corrected chi connectivity index (χ0v) is 10.9.